The predicted octanol–water partition coefficient (Wildman–Crippen LogP) is 12.3. The second-order valence-corrected chi connectivity index (χ2v) is 16.3. The van der Waals surface area contributed by atoms with Crippen LogP contribution in [-0.2, 0) is 32.7 Å². The number of unbranched alkanes of at least 4 members (excludes halogenated alkanes) is 26. The van der Waals surface area contributed by atoms with Gasteiger partial charge in [0.2, 0.25) is 0 Å². The number of carboxylic acid groups (broad SMARTS) is 1. The fraction of sp³-hybridized carbons (Fsp3) is 0.860. The van der Waals surface area contributed by atoms with Crippen LogP contribution in [0.1, 0.15) is 206 Å². The number of esters is 1. The van der Waals surface area contributed by atoms with Crippen molar-refractivity contribution in [2.24, 2.45) is 5.73 Å². The number of ether oxygens (including phenoxy) is 2. The lowest BCUT2D eigenvalue weighted by Crippen LogP contribution is -2.34. The zero-order valence-electron chi connectivity index (χ0n) is 34.6. The Morgan fingerprint density at radius 2 is 0.963 bits per heavy atom. The van der Waals surface area contributed by atoms with Gasteiger partial charge in [0.1, 0.15) is 12.6 Å². The highest BCUT2D eigenvalue weighted by molar-refractivity contribution is 7.47. The van der Waals surface area contributed by atoms with Crippen molar-refractivity contribution in [2.45, 2.75) is 219 Å². The number of aliphatic carboxylic acids is 1. The molecule has 0 saturated heterocycles. The first-order valence-electron chi connectivity index (χ1n) is 21.9. The van der Waals surface area contributed by atoms with Crippen molar-refractivity contribution in [1.82, 2.24) is 0 Å². The van der Waals surface area contributed by atoms with Crippen LogP contribution in [0, 0.1) is 0 Å². The van der Waals surface area contributed by atoms with E-state index in [0.717, 1.165) is 44.9 Å². The molecule has 0 saturated carbocycles. The number of carboxylic acids is 1. The molecule has 54 heavy (non-hydrogen) atoms. The Labute approximate surface area is 330 Å². The van der Waals surface area contributed by atoms with Gasteiger partial charge in [-0.1, -0.05) is 167 Å². The van der Waals surface area contributed by atoms with E-state index in [9.17, 15) is 19.0 Å². The Morgan fingerprint density at radius 3 is 1.41 bits per heavy atom. The highest BCUT2D eigenvalue weighted by atomic mass is 31.2. The maximum absolute atomic E-state index is 12.6. The molecule has 0 bridgehead atoms. The molecule has 0 aliphatic heterocycles. The van der Waals surface area contributed by atoms with Crippen molar-refractivity contribution in [3.8, 4) is 0 Å². The van der Waals surface area contributed by atoms with Gasteiger partial charge in [0.05, 0.1) is 19.5 Å². The summed E-state index contributed by atoms with van der Waals surface area (Å²) in [6.45, 7) is 3.27. The number of nitrogens with two attached hydrogens (primary N) is 1. The standard InChI is InChI=1S/C43H82NO9P/c1-3-5-7-9-11-13-15-17-19-20-21-22-24-26-28-30-32-34-36-50-37-40(38-51-54(48,49)52-39-41(44)43(46)47)53-42(45)35-33-31-29-27-25-23-18-16-14-12-10-8-6-4-2/h16,18,34,36,40-41H,3-15,17,19-33,35,37-39,44H2,1-2H3,(H,46,47)(H,48,49)/b18-16-,36-34-/t40-,41+/m1/s1. The van der Waals surface area contributed by atoms with E-state index in [1.165, 1.54) is 135 Å². The maximum Gasteiger partial charge on any atom is 0.472 e. The SMILES string of the molecule is CCCCCCC/C=C\CCCCCCCC(=O)O[C@H](CO/C=C\CCCCCCCCCCCCCCCCCC)COP(=O)(O)OC[C@H](N)C(=O)O. The number of phosphoric ester groups is 1. The summed E-state index contributed by atoms with van der Waals surface area (Å²) in [6.07, 6.45) is 43.2. The number of allylic oxidation sites excluding steroid dienone is 3. The van der Waals surface area contributed by atoms with Gasteiger partial charge in [0.15, 0.2) is 6.10 Å². The lowest BCUT2D eigenvalue weighted by atomic mass is 10.0. The summed E-state index contributed by atoms with van der Waals surface area (Å²) >= 11 is 0. The molecule has 0 aromatic rings. The summed E-state index contributed by atoms with van der Waals surface area (Å²) < 4.78 is 33.1. The molecule has 4 N–H and O–H groups in total. The number of hydrogen-bond acceptors (Lipinski definition) is 8. The third-order valence-electron chi connectivity index (χ3n) is 9.55. The van der Waals surface area contributed by atoms with E-state index in [-0.39, 0.29) is 13.0 Å². The van der Waals surface area contributed by atoms with Gasteiger partial charge >= 0.3 is 19.8 Å². The van der Waals surface area contributed by atoms with Gasteiger partial charge in [-0.2, -0.15) is 0 Å². The van der Waals surface area contributed by atoms with Crippen LogP contribution in [0.2, 0.25) is 0 Å². The summed E-state index contributed by atoms with van der Waals surface area (Å²) in [6, 6.07) is -1.48. The highest BCUT2D eigenvalue weighted by Gasteiger charge is 2.27. The van der Waals surface area contributed by atoms with Crippen LogP contribution >= 0.6 is 7.82 Å². The molecule has 0 aromatic carbocycles. The largest absolute Gasteiger partial charge is 0.498 e. The number of phosphoric acid groups is 1. The Bertz CT molecular complexity index is 961. The molecular weight excluding hydrogens is 705 g/mol. The van der Waals surface area contributed by atoms with Gasteiger partial charge in [-0.3, -0.25) is 18.6 Å². The normalized spacial score (nSPS) is 14.1. The molecular formula is C43H82NO9P. The van der Waals surface area contributed by atoms with Crippen molar-refractivity contribution in [2.75, 3.05) is 19.8 Å². The van der Waals surface area contributed by atoms with Crippen LogP contribution in [0.15, 0.2) is 24.5 Å². The fourth-order valence-corrected chi connectivity index (χ4v) is 6.87. The molecule has 0 radical (unpaired) electrons. The zero-order chi connectivity index (χ0) is 39.8. The predicted molar refractivity (Wildman–Crippen MR) is 221 cm³/mol. The van der Waals surface area contributed by atoms with E-state index in [0.29, 0.717) is 6.42 Å². The molecule has 0 amide bonds. The molecule has 10 nitrogen and oxygen atoms in total. The van der Waals surface area contributed by atoms with Gasteiger partial charge in [0.25, 0.3) is 0 Å². The molecule has 3 atom stereocenters. The molecule has 0 aliphatic rings. The van der Waals surface area contributed by atoms with Crippen LogP contribution in [0.5, 0.6) is 0 Å². The third-order valence-corrected chi connectivity index (χ3v) is 10.5. The van der Waals surface area contributed by atoms with Crippen LogP contribution in [0.4, 0.5) is 0 Å². The van der Waals surface area contributed by atoms with Crippen molar-refractivity contribution in [3.05, 3.63) is 24.5 Å². The molecule has 318 valence electrons. The summed E-state index contributed by atoms with van der Waals surface area (Å²) in [4.78, 5) is 33.5. The van der Waals surface area contributed by atoms with E-state index < -0.39 is 45.1 Å². The summed E-state index contributed by atoms with van der Waals surface area (Å²) in [5.41, 5.74) is 5.35. The van der Waals surface area contributed by atoms with Crippen LogP contribution in [0.3, 0.4) is 0 Å². The van der Waals surface area contributed by atoms with E-state index in [1.54, 1.807) is 6.26 Å². The van der Waals surface area contributed by atoms with Crippen molar-refractivity contribution in [3.63, 3.8) is 0 Å². The lowest BCUT2D eigenvalue weighted by Gasteiger charge is -2.20. The summed E-state index contributed by atoms with van der Waals surface area (Å²) in [5, 5.41) is 8.88. The van der Waals surface area contributed by atoms with E-state index in [4.69, 9.17) is 29.4 Å². The average molecular weight is 788 g/mol. The third kappa shape index (κ3) is 38.6. The first-order chi connectivity index (χ1) is 26.2. The zero-order valence-corrected chi connectivity index (χ0v) is 35.5. The van der Waals surface area contributed by atoms with Gasteiger partial charge in [-0.15, -0.1) is 0 Å². The quantitative estimate of drug-likeness (QED) is 0.0179. The van der Waals surface area contributed by atoms with Crippen molar-refractivity contribution < 1.29 is 42.7 Å². The van der Waals surface area contributed by atoms with Crippen LogP contribution in [-0.4, -0.2) is 53.9 Å². The fourth-order valence-electron chi connectivity index (χ4n) is 6.09. The van der Waals surface area contributed by atoms with Gasteiger partial charge in [-0.25, -0.2) is 4.57 Å². The minimum atomic E-state index is -4.63. The van der Waals surface area contributed by atoms with E-state index >= 15 is 0 Å². The van der Waals surface area contributed by atoms with Gasteiger partial charge < -0.3 is 25.2 Å². The molecule has 1 unspecified atom stereocenters. The summed E-state index contributed by atoms with van der Waals surface area (Å²) in [5.74, 6) is -1.81. The van der Waals surface area contributed by atoms with Gasteiger partial charge in [0, 0.05) is 6.42 Å². The van der Waals surface area contributed by atoms with Crippen LogP contribution < -0.4 is 5.73 Å². The van der Waals surface area contributed by atoms with E-state index in [2.05, 4.69) is 26.0 Å². The van der Waals surface area contributed by atoms with Crippen molar-refractivity contribution in [1.29, 1.82) is 0 Å². The molecule has 0 heterocycles. The average Bonchev–Trinajstić information content (AvgIpc) is 3.15. The Morgan fingerprint density at radius 1 is 0.574 bits per heavy atom. The molecule has 0 rings (SSSR count). The molecule has 0 aliphatic carbocycles. The minimum Gasteiger partial charge on any atom is -0.498 e. The molecule has 11 heteroatoms. The Hall–Kier alpha value is -1.71. The number of carbonyl (C=O) groups excluding carboxylic acids is 1. The first kappa shape index (κ1) is 52.3. The topological polar surface area (TPSA) is 155 Å². The highest BCUT2D eigenvalue weighted by Crippen LogP contribution is 2.43. The monoisotopic (exact) mass is 788 g/mol. The first-order valence-corrected chi connectivity index (χ1v) is 23.4. The number of carbonyl (C=O) groups is 2. The van der Waals surface area contributed by atoms with E-state index in [1.807, 2.05) is 6.08 Å². The summed E-state index contributed by atoms with van der Waals surface area (Å²) in [7, 11) is -4.63. The maximum atomic E-state index is 12.6. The smallest absolute Gasteiger partial charge is 0.472 e. The van der Waals surface area contributed by atoms with Crippen molar-refractivity contribution >= 4 is 19.8 Å². The number of rotatable bonds is 42. The van der Waals surface area contributed by atoms with Gasteiger partial charge in [-0.05, 0) is 51.0 Å². The molecule has 0 spiro atoms. The molecule has 0 aromatic heterocycles. The lowest BCUT2D eigenvalue weighted by molar-refractivity contribution is -0.153. The Kier molecular flexibility index (Phi) is 38.3. The second kappa shape index (κ2) is 39.5. The van der Waals surface area contributed by atoms with Crippen LogP contribution in [0.25, 0.3) is 0 Å². The Balaban J connectivity index is 4.27. The minimum absolute atomic E-state index is 0.0674. The molecule has 0 fully saturated rings. The number of hydrogen-bond donors (Lipinski definition) is 3. The second-order valence-electron chi connectivity index (χ2n) is 14.9.